The Morgan fingerprint density at radius 1 is 1.15 bits per heavy atom. The van der Waals surface area contributed by atoms with Crippen molar-refractivity contribution in [2.75, 3.05) is 52.9 Å². The van der Waals surface area contributed by atoms with E-state index in [2.05, 4.69) is 16.9 Å². The lowest BCUT2D eigenvalue weighted by molar-refractivity contribution is -0.137. The van der Waals surface area contributed by atoms with E-state index < -0.39 is 5.41 Å². The molecule has 2 aliphatic heterocycles. The predicted octanol–water partition coefficient (Wildman–Crippen LogP) is 3.88. The van der Waals surface area contributed by atoms with Crippen LogP contribution in [0.2, 0.25) is 5.02 Å². The van der Waals surface area contributed by atoms with E-state index >= 15 is 0 Å². The number of amides is 2. The Labute approximate surface area is 210 Å². The molecule has 2 saturated heterocycles. The van der Waals surface area contributed by atoms with Crippen molar-refractivity contribution in [3.63, 3.8) is 0 Å². The van der Waals surface area contributed by atoms with Crippen molar-refractivity contribution in [2.24, 2.45) is 5.41 Å². The second kappa shape index (κ2) is 10.6. The fraction of sp³-hybridized carbons (Fsp3) is 0.560. The number of hydrogen-bond acceptors (Lipinski definition) is 6. The molecule has 0 spiro atoms. The average molecular weight is 505 g/mol. The summed E-state index contributed by atoms with van der Waals surface area (Å²) in [6.07, 6.45) is 2.02. The van der Waals surface area contributed by atoms with E-state index in [4.69, 9.17) is 16.3 Å². The van der Waals surface area contributed by atoms with Crippen LogP contribution in [0.1, 0.15) is 39.6 Å². The number of rotatable bonds is 6. The number of nitrogens with zero attached hydrogens (tertiary/aromatic N) is 4. The molecule has 3 heterocycles. The van der Waals surface area contributed by atoms with Crippen molar-refractivity contribution in [1.82, 2.24) is 19.7 Å². The third kappa shape index (κ3) is 5.90. The third-order valence-electron chi connectivity index (χ3n) is 6.77. The van der Waals surface area contributed by atoms with Gasteiger partial charge in [0.1, 0.15) is 10.6 Å². The number of likely N-dealkylation sites (tertiary alicyclic amines) is 1. The fourth-order valence-electron chi connectivity index (χ4n) is 4.85. The summed E-state index contributed by atoms with van der Waals surface area (Å²) in [5.41, 5.74) is 0.317. The highest BCUT2D eigenvalue weighted by molar-refractivity contribution is 7.13. The molecule has 1 aromatic carbocycles. The molecule has 184 valence electrons. The van der Waals surface area contributed by atoms with E-state index in [0.29, 0.717) is 41.8 Å². The lowest BCUT2D eigenvalue weighted by Crippen LogP contribution is -2.53. The van der Waals surface area contributed by atoms with Gasteiger partial charge < -0.3 is 19.4 Å². The van der Waals surface area contributed by atoms with Gasteiger partial charge in [-0.3, -0.25) is 9.59 Å². The average Bonchev–Trinajstić information content (AvgIpc) is 3.15. The molecule has 0 unspecified atom stereocenters. The second-order valence-corrected chi connectivity index (χ2v) is 11.2. The number of aromatic nitrogens is 1. The topological polar surface area (TPSA) is 66.0 Å². The van der Waals surface area contributed by atoms with Crippen LogP contribution in [0.5, 0.6) is 5.75 Å². The lowest BCUT2D eigenvalue weighted by atomic mass is 9.77. The molecule has 1 atom stereocenters. The maximum Gasteiger partial charge on any atom is 0.265 e. The molecule has 2 amide bonds. The third-order valence-corrected chi connectivity index (χ3v) is 8.07. The van der Waals surface area contributed by atoms with Gasteiger partial charge in [-0.25, -0.2) is 4.98 Å². The van der Waals surface area contributed by atoms with Gasteiger partial charge in [0.05, 0.1) is 17.3 Å². The lowest BCUT2D eigenvalue weighted by Gasteiger charge is -2.43. The predicted molar refractivity (Wildman–Crippen MR) is 135 cm³/mol. The molecule has 0 aliphatic carbocycles. The first kappa shape index (κ1) is 24.9. The van der Waals surface area contributed by atoms with E-state index in [1.165, 1.54) is 11.3 Å². The summed E-state index contributed by atoms with van der Waals surface area (Å²) in [6.45, 7) is 8.57. The van der Waals surface area contributed by atoms with Crippen molar-refractivity contribution in [2.45, 2.75) is 33.1 Å². The van der Waals surface area contributed by atoms with Crippen LogP contribution in [0.15, 0.2) is 24.3 Å². The zero-order valence-corrected chi connectivity index (χ0v) is 21.8. The highest BCUT2D eigenvalue weighted by Gasteiger charge is 2.41. The van der Waals surface area contributed by atoms with Gasteiger partial charge in [0, 0.05) is 56.1 Å². The number of piperazine rings is 1. The van der Waals surface area contributed by atoms with Crippen molar-refractivity contribution in [3.05, 3.63) is 44.9 Å². The summed E-state index contributed by atoms with van der Waals surface area (Å²) in [7, 11) is 2.08. The van der Waals surface area contributed by atoms with Crippen molar-refractivity contribution in [3.8, 4) is 5.75 Å². The molecule has 0 bridgehead atoms. The Morgan fingerprint density at radius 2 is 1.91 bits per heavy atom. The highest BCUT2D eigenvalue weighted by Crippen LogP contribution is 2.37. The Bertz CT molecular complexity index is 1040. The molecule has 2 fully saturated rings. The molecule has 7 nitrogen and oxygen atoms in total. The van der Waals surface area contributed by atoms with Crippen LogP contribution in [0, 0.1) is 19.3 Å². The van der Waals surface area contributed by atoms with Crippen molar-refractivity contribution >= 4 is 34.8 Å². The van der Waals surface area contributed by atoms with Crippen LogP contribution in [0.4, 0.5) is 0 Å². The smallest absolute Gasteiger partial charge is 0.265 e. The summed E-state index contributed by atoms with van der Waals surface area (Å²) in [5.74, 6) is 0.820. The number of ether oxygens (including phenoxy) is 1. The number of aryl methyl sites for hydroxylation is 2. The maximum absolute atomic E-state index is 13.4. The molecule has 34 heavy (non-hydrogen) atoms. The molecule has 0 saturated carbocycles. The Kier molecular flexibility index (Phi) is 7.80. The van der Waals surface area contributed by atoms with Crippen LogP contribution in [-0.2, 0) is 4.79 Å². The van der Waals surface area contributed by atoms with Crippen molar-refractivity contribution in [1.29, 1.82) is 0 Å². The zero-order chi connectivity index (χ0) is 24.3. The van der Waals surface area contributed by atoms with Gasteiger partial charge in [0.25, 0.3) is 5.91 Å². The van der Waals surface area contributed by atoms with E-state index in [0.717, 1.165) is 49.7 Å². The number of carbonyl (C=O) groups is 2. The molecule has 1 aromatic heterocycles. The van der Waals surface area contributed by atoms with E-state index in [-0.39, 0.29) is 11.8 Å². The fourth-order valence-corrected chi connectivity index (χ4v) is 5.92. The van der Waals surface area contributed by atoms with Gasteiger partial charge in [-0.05, 0) is 51.9 Å². The maximum atomic E-state index is 13.4. The molecule has 4 rings (SSSR count). The number of halogens is 1. The van der Waals surface area contributed by atoms with Gasteiger partial charge >= 0.3 is 0 Å². The minimum Gasteiger partial charge on any atom is -0.493 e. The number of piperidine rings is 1. The number of carbonyl (C=O) groups excluding carboxylic acids is 2. The van der Waals surface area contributed by atoms with Crippen LogP contribution >= 0.6 is 22.9 Å². The first-order valence-corrected chi connectivity index (χ1v) is 13.0. The van der Waals surface area contributed by atoms with E-state index in [1.54, 1.807) is 6.07 Å². The van der Waals surface area contributed by atoms with Gasteiger partial charge in [0.15, 0.2) is 0 Å². The molecule has 0 N–H and O–H groups in total. The Hall–Kier alpha value is -2.16. The minimum atomic E-state index is -0.454. The van der Waals surface area contributed by atoms with Crippen LogP contribution in [0.25, 0.3) is 0 Å². The summed E-state index contributed by atoms with van der Waals surface area (Å²) in [4.78, 5) is 38.0. The normalized spacial score (nSPS) is 21.5. The molecule has 9 heteroatoms. The number of benzene rings is 1. The first-order valence-electron chi connectivity index (χ1n) is 11.8. The Morgan fingerprint density at radius 3 is 2.59 bits per heavy atom. The largest absolute Gasteiger partial charge is 0.493 e. The van der Waals surface area contributed by atoms with E-state index in [9.17, 15) is 9.59 Å². The SMILES string of the molecule is Cc1nc(C)c(C(=O)N2CCC[C@](COc3cccc(Cl)c3)(CC(=O)N3CCN(C)CC3)C2)s1. The zero-order valence-electron chi connectivity index (χ0n) is 20.2. The van der Waals surface area contributed by atoms with Crippen molar-refractivity contribution < 1.29 is 14.3 Å². The monoisotopic (exact) mass is 504 g/mol. The quantitative estimate of drug-likeness (QED) is 0.597. The molecular formula is C25H33ClN4O3S. The summed E-state index contributed by atoms with van der Waals surface area (Å²) in [6, 6.07) is 7.32. The van der Waals surface area contributed by atoms with Gasteiger partial charge in [-0.2, -0.15) is 0 Å². The van der Waals surface area contributed by atoms with E-state index in [1.807, 2.05) is 41.8 Å². The minimum absolute atomic E-state index is 0.00183. The standard InChI is InChI=1S/C25H33ClN4O3S/c1-18-23(34-19(2)27-18)24(32)30-9-5-8-25(16-30,17-33-21-7-4-6-20(26)14-21)15-22(31)29-12-10-28(3)11-13-29/h4,6-7,14H,5,8-13,15-17H2,1-3H3/t25-/m0/s1. The highest BCUT2D eigenvalue weighted by atomic mass is 35.5. The summed E-state index contributed by atoms with van der Waals surface area (Å²) < 4.78 is 6.19. The van der Waals surface area contributed by atoms with Gasteiger partial charge in [-0.1, -0.05) is 17.7 Å². The molecule has 0 radical (unpaired) electrons. The van der Waals surface area contributed by atoms with Gasteiger partial charge in [-0.15, -0.1) is 11.3 Å². The van der Waals surface area contributed by atoms with Crippen LogP contribution in [-0.4, -0.2) is 84.4 Å². The van der Waals surface area contributed by atoms with Crippen LogP contribution in [0.3, 0.4) is 0 Å². The summed E-state index contributed by atoms with van der Waals surface area (Å²) >= 11 is 7.58. The molecule has 2 aromatic rings. The first-order chi connectivity index (χ1) is 16.2. The molecular weight excluding hydrogens is 472 g/mol. The molecule has 2 aliphatic rings. The number of hydrogen-bond donors (Lipinski definition) is 0. The van der Waals surface area contributed by atoms with Crippen LogP contribution < -0.4 is 4.74 Å². The van der Waals surface area contributed by atoms with Gasteiger partial charge in [0.2, 0.25) is 5.91 Å². The Balaban J connectivity index is 1.53. The summed E-state index contributed by atoms with van der Waals surface area (Å²) in [5, 5.41) is 1.50. The second-order valence-electron chi connectivity index (χ2n) is 9.58. The number of likely N-dealkylation sites (N-methyl/N-ethyl adjacent to an activating group) is 1. The number of thiazole rings is 1.